The highest BCUT2D eigenvalue weighted by atomic mass is 35.6. The second-order valence-electron chi connectivity index (χ2n) is 19.0. The third kappa shape index (κ3) is 9.25. The van der Waals surface area contributed by atoms with Crippen LogP contribution < -0.4 is 20.1 Å². The average molecular weight is 1020 g/mol. The Labute approximate surface area is 406 Å². The summed E-state index contributed by atoms with van der Waals surface area (Å²) in [7, 11) is 3.16. The number of aromatic nitrogens is 2. The molecule has 0 radical (unpaired) electrons. The van der Waals surface area contributed by atoms with Crippen molar-refractivity contribution in [1.29, 1.82) is 0 Å². The molecule has 3 aliphatic heterocycles. The topological polar surface area (TPSA) is 202 Å². The zero-order valence-electron chi connectivity index (χ0n) is 38.8. The number of nitrogens with zero attached hydrogens (tertiary/aromatic N) is 4. The van der Waals surface area contributed by atoms with Gasteiger partial charge in [-0.3, -0.25) is 19.2 Å². The summed E-state index contributed by atoms with van der Waals surface area (Å²) < 4.78 is 74.9. The molecule has 1 aromatic carbocycles. The molecule has 10 atom stereocenters. The number of Topliss-reactive ketones (excluding diaryl/α,β-unsaturated/α-hetero) is 1. The number of amides is 1. The number of piperazine rings is 1. The number of alkyl halides is 6. The minimum Gasteiger partial charge on any atom is -0.493 e. The summed E-state index contributed by atoms with van der Waals surface area (Å²) in [4.78, 5) is 62.6. The lowest BCUT2D eigenvalue weighted by Crippen LogP contribution is -2.71. The van der Waals surface area contributed by atoms with E-state index in [4.69, 9.17) is 34.2 Å². The zero-order valence-corrected chi connectivity index (χ0v) is 41.1. The summed E-state index contributed by atoms with van der Waals surface area (Å²) in [6.07, 6.45) is 1.15. The molecule has 16 nitrogen and oxygen atoms in total. The Morgan fingerprint density at radius 3 is 2.26 bits per heavy atom. The van der Waals surface area contributed by atoms with Crippen molar-refractivity contribution in [2.45, 2.75) is 112 Å². The van der Waals surface area contributed by atoms with Gasteiger partial charge in [-0.2, -0.15) is 9.37 Å². The van der Waals surface area contributed by atoms with E-state index in [9.17, 15) is 28.7 Å². The van der Waals surface area contributed by atoms with Gasteiger partial charge in [-0.25, -0.2) is 13.8 Å². The number of ketones is 2. The van der Waals surface area contributed by atoms with Crippen LogP contribution >= 0.6 is 34.8 Å². The van der Waals surface area contributed by atoms with Crippen LogP contribution in [0, 0.1) is 22.7 Å². The number of rotatable bonds is 7. The molecule has 4 aliphatic carbocycles. The minimum absolute atomic E-state index is 0.0406. The molecular weight excluding hydrogens is 962 g/mol. The molecular formula is C46H57Cl3F3N5O11. The van der Waals surface area contributed by atoms with Gasteiger partial charge in [0.25, 0.3) is 5.91 Å². The van der Waals surface area contributed by atoms with Crippen molar-refractivity contribution in [3.8, 4) is 11.5 Å². The molecule has 3 saturated heterocycles. The van der Waals surface area contributed by atoms with Gasteiger partial charge in [0.05, 0.1) is 31.9 Å². The van der Waals surface area contributed by atoms with E-state index in [0.717, 1.165) is 18.9 Å². The number of benzene rings is 1. The third-order valence-corrected chi connectivity index (χ3v) is 14.7. The first kappa shape index (κ1) is 51.9. The fourth-order valence-corrected chi connectivity index (χ4v) is 11.8. The number of esters is 1. The van der Waals surface area contributed by atoms with Crippen LogP contribution in [0.4, 0.5) is 24.9 Å². The monoisotopic (exact) mass is 1020 g/mol. The molecule has 9 rings (SSSR count). The molecule has 3 N–H and O–H groups in total. The molecule has 0 spiro atoms. The number of aliphatic hydroxyl groups is 1. The first-order valence-electron chi connectivity index (χ1n) is 22.3. The van der Waals surface area contributed by atoms with E-state index in [-0.39, 0.29) is 36.8 Å². The normalized spacial score (nSPS) is 34.5. The number of aliphatic hydroxyl groups excluding tert-OH is 1. The molecule has 68 heavy (non-hydrogen) atoms. The molecule has 374 valence electrons. The Hall–Kier alpha value is -3.98. The summed E-state index contributed by atoms with van der Waals surface area (Å²) >= 11 is 13.2. The number of methoxy groups -OCH3 is 2. The molecule has 1 unspecified atom stereocenters. The first-order chi connectivity index (χ1) is 31.7. The van der Waals surface area contributed by atoms with E-state index in [0.29, 0.717) is 67.0 Å². The van der Waals surface area contributed by atoms with Gasteiger partial charge in [0.15, 0.2) is 40.9 Å². The maximum atomic E-state index is 17.3. The number of allylic oxidation sites excluding steroid dienone is 4. The summed E-state index contributed by atoms with van der Waals surface area (Å²) in [5.41, 5.74) is 0.418. The molecule has 3 saturated carbocycles. The largest absolute Gasteiger partial charge is 0.493 e. The van der Waals surface area contributed by atoms with Crippen molar-refractivity contribution >= 4 is 80.9 Å². The Bertz CT molecular complexity index is 2370. The molecule has 7 aliphatic rings. The van der Waals surface area contributed by atoms with Gasteiger partial charge in [0.1, 0.15) is 18.1 Å². The van der Waals surface area contributed by atoms with Crippen molar-refractivity contribution in [2.75, 3.05) is 64.2 Å². The maximum absolute atomic E-state index is 17.3. The zero-order chi connectivity index (χ0) is 49.9. The number of carbonyl (C=O) groups is 4. The molecule has 6 fully saturated rings. The van der Waals surface area contributed by atoms with Crippen LogP contribution in [0.3, 0.4) is 0 Å². The Kier molecular flexibility index (Phi) is 14.5. The van der Waals surface area contributed by atoms with Gasteiger partial charge < -0.3 is 49.1 Å². The standard InChI is InChI=1S/C26H32F2O7.C19H25N5O4.CCl3F/c1-13(29)33-12-20(32)26-21(34-22(2,3)35-26)10-15-16-9-18(27)17-8-14(30)6-7-23(17,4)25(16,28)19(31)11-24(15,26)5;1-26-15-10-12-13(11-16(15)27-2)21-19(22-17(12)20)24-7-5-23(6-8-24)18(25)14-4-3-9-28-14;2-1(3,4)5/h6-8,15-16,18-19,21,31H,9-12H2,1-5H3;10-11,14H,3-9H2,1-2H3,(H2,20,21,22);/t15-,16-,18-,19-,21+,23-,24-,25-,26+;;/m0../s1. The number of hydrogen-bond donors (Lipinski definition) is 2. The quantitative estimate of drug-likeness (QED) is 0.232. The van der Waals surface area contributed by atoms with Gasteiger partial charge in [0, 0.05) is 67.9 Å². The van der Waals surface area contributed by atoms with Gasteiger partial charge in [-0.15, -0.1) is 0 Å². The van der Waals surface area contributed by atoms with Crippen molar-refractivity contribution < 1.29 is 65.9 Å². The van der Waals surface area contributed by atoms with E-state index in [1.54, 1.807) is 47.1 Å². The second kappa shape index (κ2) is 19.0. The van der Waals surface area contributed by atoms with Crippen molar-refractivity contribution in [1.82, 2.24) is 14.9 Å². The maximum Gasteiger partial charge on any atom is 0.333 e. The fourth-order valence-electron chi connectivity index (χ4n) is 11.8. The molecule has 2 aromatic rings. The van der Waals surface area contributed by atoms with Gasteiger partial charge in [-0.1, -0.05) is 13.0 Å². The van der Waals surface area contributed by atoms with Crippen LogP contribution in [0.1, 0.15) is 66.7 Å². The van der Waals surface area contributed by atoms with Crippen LogP contribution in [-0.2, 0) is 38.1 Å². The number of ether oxygens (including phenoxy) is 6. The van der Waals surface area contributed by atoms with Crippen LogP contribution in [0.5, 0.6) is 11.5 Å². The minimum atomic E-state index is -2.58. The third-order valence-electron chi connectivity index (χ3n) is 14.7. The van der Waals surface area contributed by atoms with Crippen LogP contribution in [-0.4, -0.2) is 143 Å². The van der Waals surface area contributed by atoms with E-state index >= 15 is 8.78 Å². The van der Waals surface area contributed by atoms with E-state index in [2.05, 4.69) is 44.8 Å². The number of halogens is 6. The van der Waals surface area contributed by atoms with E-state index in [1.807, 2.05) is 9.80 Å². The summed E-state index contributed by atoms with van der Waals surface area (Å²) in [6, 6.07) is 3.58. The lowest BCUT2D eigenvalue weighted by atomic mass is 9.44. The van der Waals surface area contributed by atoms with Crippen LogP contribution in [0.25, 0.3) is 10.9 Å². The number of hydrogen-bond acceptors (Lipinski definition) is 15. The number of carbonyl (C=O) groups excluding carboxylic acids is 4. The van der Waals surface area contributed by atoms with Crippen molar-refractivity contribution in [3.05, 3.63) is 35.9 Å². The van der Waals surface area contributed by atoms with E-state index < -0.39 is 86.3 Å². The predicted octanol–water partition coefficient (Wildman–Crippen LogP) is 6.28. The van der Waals surface area contributed by atoms with Crippen molar-refractivity contribution in [2.24, 2.45) is 22.7 Å². The fraction of sp³-hybridized carbons (Fsp3) is 0.652. The second-order valence-corrected chi connectivity index (χ2v) is 21.2. The number of nitrogen functional groups attached to an aromatic ring is 1. The van der Waals surface area contributed by atoms with Gasteiger partial charge in [-0.05, 0) is 117 Å². The Balaban J connectivity index is 0.000000187. The lowest BCUT2D eigenvalue weighted by molar-refractivity contribution is -0.249. The van der Waals surface area contributed by atoms with Crippen LogP contribution in [0.2, 0.25) is 0 Å². The number of nitrogens with two attached hydrogens (primary N) is 1. The van der Waals surface area contributed by atoms with E-state index in [1.165, 1.54) is 26.0 Å². The van der Waals surface area contributed by atoms with Gasteiger partial charge in [0.2, 0.25) is 11.7 Å². The smallest absolute Gasteiger partial charge is 0.333 e. The molecule has 22 heteroatoms. The number of fused-ring (bicyclic) bond motifs is 8. The predicted molar refractivity (Wildman–Crippen MR) is 245 cm³/mol. The van der Waals surface area contributed by atoms with Gasteiger partial charge >= 0.3 is 10.0 Å². The molecule has 0 bridgehead atoms. The summed E-state index contributed by atoms with van der Waals surface area (Å²) in [5, 5.41) is 12.2. The Morgan fingerprint density at radius 1 is 1.01 bits per heavy atom. The highest BCUT2D eigenvalue weighted by Crippen LogP contribution is 2.72. The highest BCUT2D eigenvalue weighted by Gasteiger charge is 2.80. The average Bonchev–Trinajstić information content (AvgIpc) is 3.97. The SMILES string of the molecule is CC(=O)OCC(=O)[C@@]12OC(C)(C)O[C@@H]1C[C@H]1[C@@H]3C[C@H](F)C4=CC(=O)C=C[C@]4(C)[C@@]3(F)[C@@H](O)C[C@@]12C.COc1cc2nc(N3CCN(C(=O)C4CCCO4)CC3)nc(N)c2cc1OC.FC(Cl)(Cl)Cl. The summed E-state index contributed by atoms with van der Waals surface area (Å²) in [5.74, 6) is -2.02. The molecule has 1 amide bonds. The number of anilines is 2. The first-order valence-corrected chi connectivity index (χ1v) is 23.5. The molecule has 4 heterocycles. The van der Waals surface area contributed by atoms with Crippen molar-refractivity contribution in [3.63, 3.8) is 0 Å². The Morgan fingerprint density at radius 2 is 1.66 bits per heavy atom. The molecule has 1 aromatic heterocycles. The van der Waals surface area contributed by atoms with Crippen LogP contribution in [0.15, 0.2) is 35.9 Å². The highest BCUT2D eigenvalue weighted by molar-refractivity contribution is 6.66. The lowest BCUT2D eigenvalue weighted by Gasteiger charge is -2.63. The summed E-state index contributed by atoms with van der Waals surface area (Å²) in [6.45, 7) is 10.5.